The molecule has 2 heterocycles. The number of aromatic amines is 1. The molecule has 1 saturated heterocycles. The van der Waals surface area contributed by atoms with Crippen molar-refractivity contribution in [3.63, 3.8) is 0 Å². The van der Waals surface area contributed by atoms with Gasteiger partial charge in [0.1, 0.15) is 17.5 Å². The summed E-state index contributed by atoms with van der Waals surface area (Å²) in [5.74, 6) is 0.683. The number of H-pyrrole nitrogens is 1. The fraction of sp³-hybridized carbons (Fsp3) is 0.429. The van der Waals surface area contributed by atoms with Crippen LogP contribution in [0.3, 0.4) is 0 Å². The molecule has 0 unspecified atom stereocenters. The van der Waals surface area contributed by atoms with Crippen LogP contribution in [0.1, 0.15) is 37.0 Å². The number of nitrogens with zero attached hydrogens (tertiary/aromatic N) is 3. The molecule has 1 aliphatic rings. The first-order valence-corrected chi connectivity index (χ1v) is 8.59. The fourth-order valence-electron chi connectivity index (χ4n) is 2.72. The molecule has 0 spiro atoms. The lowest BCUT2D eigenvalue weighted by molar-refractivity contribution is 0.247. The van der Waals surface area contributed by atoms with Crippen LogP contribution in [-0.2, 0) is 10.0 Å². The molecule has 2 aromatic rings. The highest BCUT2D eigenvalue weighted by molar-refractivity contribution is 7.89. The fourth-order valence-corrected chi connectivity index (χ4v) is 4.38. The lowest BCUT2D eigenvalue weighted by Gasteiger charge is -2.33. The molecule has 8 heteroatoms. The van der Waals surface area contributed by atoms with Gasteiger partial charge in [-0.25, -0.2) is 17.8 Å². The normalized spacial score (nSPS) is 20.2. The number of hydrogen-bond acceptors (Lipinski definition) is 4. The molecule has 0 saturated carbocycles. The summed E-state index contributed by atoms with van der Waals surface area (Å²) in [6, 6.07) is 4.55. The van der Waals surface area contributed by atoms with Gasteiger partial charge < -0.3 is 0 Å². The van der Waals surface area contributed by atoms with E-state index in [-0.39, 0.29) is 10.9 Å². The number of benzene rings is 1. The summed E-state index contributed by atoms with van der Waals surface area (Å²) in [5.41, 5.74) is 0. The van der Waals surface area contributed by atoms with Gasteiger partial charge in [-0.05, 0) is 44.0 Å². The van der Waals surface area contributed by atoms with Crippen molar-refractivity contribution >= 4 is 10.0 Å². The zero-order chi connectivity index (χ0) is 15.7. The third kappa shape index (κ3) is 2.76. The first-order valence-electron chi connectivity index (χ1n) is 7.15. The standard InChI is InChI=1S/C14H17FN4O2S/c1-10-16-14(18-17-10)13-4-2-3-9-19(13)22(20,21)12-7-5-11(15)6-8-12/h5-8,13H,2-4,9H2,1H3,(H,16,17,18)/t13-/m0/s1. The minimum Gasteiger partial charge on any atom is -0.262 e. The highest BCUT2D eigenvalue weighted by atomic mass is 32.2. The molecule has 1 N–H and O–H groups in total. The average Bonchev–Trinajstić information content (AvgIpc) is 2.94. The monoisotopic (exact) mass is 324 g/mol. The maximum absolute atomic E-state index is 13.0. The van der Waals surface area contributed by atoms with Gasteiger partial charge in [0.2, 0.25) is 10.0 Å². The van der Waals surface area contributed by atoms with Gasteiger partial charge in [-0.15, -0.1) is 0 Å². The number of aryl methyl sites for hydroxylation is 1. The van der Waals surface area contributed by atoms with E-state index in [2.05, 4.69) is 15.2 Å². The number of rotatable bonds is 3. The van der Waals surface area contributed by atoms with E-state index in [0.717, 1.165) is 25.0 Å². The summed E-state index contributed by atoms with van der Waals surface area (Å²) >= 11 is 0. The molecule has 0 amide bonds. The average molecular weight is 324 g/mol. The largest absolute Gasteiger partial charge is 0.262 e. The zero-order valence-corrected chi connectivity index (χ0v) is 13.0. The van der Waals surface area contributed by atoms with E-state index in [9.17, 15) is 12.8 Å². The second kappa shape index (κ2) is 5.77. The Labute approximate surface area is 128 Å². The van der Waals surface area contributed by atoms with Crippen molar-refractivity contribution in [1.82, 2.24) is 19.5 Å². The molecule has 1 fully saturated rings. The highest BCUT2D eigenvalue weighted by Crippen LogP contribution is 2.33. The lowest BCUT2D eigenvalue weighted by atomic mass is 10.0. The zero-order valence-electron chi connectivity index (χ0n) is 12.2. The number of aromatic nitrogens is 3. The quantitative estimate of drug-likeness (QED) is 0.938. The molecular weight excluding hydrogens is 307 g/mol. The van der Waals surface area contributed by atoms with Gasteiger partial charge >= 0.3 is 0 Å². The van der Waals surface area contributed by atoms with Crippen LogP contribution in [0.25, 0.3) is 0 Å². The second-order valence-corrected chi connectivity index (χ2v) is 7.24. The van der Waals surface area contributed by atoms with E-state index in [0.29, 0.717) is 24.6 Å². The molecule has 0 bridgehead atoms. The van der Waals surface area contributed by atoms with Gasteiger partial charge in [-0.1, -0.05) is 6.42 Å². The molecule has 1 aromatic carbocycles. The minimum absolute atomic E-state index is 0.0945. The number of hydrogen-bond donors (Lipinski definition) is 1. The van der Waals surface area contributed by atoms with Crippen LogP contribution in [0.5, 0.6) is 0 Å². The van der Waals surface area contributed by atoms with Gasteiger partial charge in [-0.2, -0.15) is 9.40 Å². The minimum atomic E-state index is -3.69. The molecule has 22 heavy (non-hydrogen) atoms. The van der Waals surface area contributed by atoms with E-state index >= 15 is 0 Å². The van der Waals surface area contributed by atoms with E-state index in [1.807, 2.05) is 0 Å². The summed E-state index contributed by atoms with van der Waals surface area (Å²) in [7, 11) is -3.69. The van der Waals surface area contributed by atoms with Crippen molar-refractivity contribution < 1.29 is 12.8 Å². The van der Waals surface area contributed by atoms with Crippen LogP contribution in [-0.4, -0.2) is 34.4 Å². The van der Waals surface area contributed by atoms with E-state index in [1.165, 1.54) is 16.4 Å². The van der Waals surface area contributed by atoms with Gasteiger partial charge in [-0.3, -0.25) is 5.10 Å². The van der Waals surface area contributed by atoms with Crippen molar-refractivity contribution in [2.75, 3.05) is 6.54 Å². The van der Waals surface area contributed by atoms with Crippen molar-refractivity contribution in [3.8, 4) is 0 Å². The maximum atomic E-state index is 13.0. The Kier molecular flexibility index (Phi) is 3.96. The SMILES string of the molecule is Cc1n[nH]c([C@@H]2CCCCN2S(=O)(=O)c2ccc(F)cc2)n1. The van der Waals surface area contributed by atoms with Crippen molar-refractivity contribution in [1.29, 1.82) is 0 Å². The number of piperidine rings is 1. The first-order chi connectivity index (χ1) is 10.5. The Morgan fingerprint density at radius 3 is 2.64 bits per heavy atom. The molecule has 0 aliphatic carbocycles. The van der Waals surface area contributed by atoms with Crippen LogP contribution in [0, 0.1) is 12.7 Å². The molecule has 118 valence electrons. The number of sulfonamides is 1. The predicted molar refractivity (Wildman–Crippen MR) is 78.0 cm³/mol. The first kappa shape index (κ1) is 15.1. The molecule has 6 nitrogen and oxygen atoms in total. The van der Waals surface area contributed by atoms with Crippen LogP contribution in [0.4, 0.5) is 4.39 Å². The molecule has 1 atom stereocenters. The Hall–Kier alpha value is -1.80. The topological polar surface area (TPSA) is 79.0 Å². The maximum Gasteiger partial charge on any atom is 0.243 e. The van der Waals surface area contributed by atoms with Crippen molar-refractivity contribution in [3.05, 3.63) is 41.7 Å². The van der Waals surface area contributed by atoms with E-state index in [1.54, 1.807) is 6.92 Å². The van der Waals surface area contributed by atoms with Gasteiger partial charge in [0.15, 0.2) is 0 Å². The van der Waals surface area contributed by atoms with E-state index < -0.39 is 15.8 Å². The Morgan fingerprint density at radius 2 is 2.00 bits per heavy atom. The lowest BCUT2D eigenvalue weighted by Crippen LogP contribution is -2.39. The predicted octanol–water partition coefficient (Wildman–Crippen LogP) is 2.17. The van der Waals surface area contributed by atoms with Crippen LogP contribution >= 0.6 is 0 Å². The van der Waals surface area contributed by atoms with Crippen molar-refractivity contribution in [2.45, 2.75) is 37.1 Å². The van der Waals surface area contributed by atoms with Crippen molar-refractivity contribution in [2.24, 2.45) is 0 Å². The highest BCUT2D eigenvalue weighted by Gasteiger charge is 2.36. The summed E-state index contributed by atoms with van der Waals surface area (Å²) in [6.07, 6.45) is 2.42. The molecule has 1 aliphatic heterocycles. The Morgan fingerprint density at radius 1 is 1.27 bits per heavy atom. The third-order valence-corrected chi connectivity index (χ3v) is 5.73. The van der Waals surface area contributed by atoms with Gasteiger partial charge in [0, 0.05) is 6.54 Å². The summed E-state index contributed by atoms with van der Waals surface area (Å²) < 4.78 is 40.1. The third-order valence-electron chi connectivity index (χ3n) is 3.80. The van der Waals surface area contributed by atoms with Gasteiger partial charge in [0.05, 0.1) is 10.9 Å². The summed E-state index contributed by atoms with van der Waals surface area (Å²) in [5, 5.41) is 6.80. The molecule has 1 aromatic heterocycles. The van der Waals surface area contributed by atoms with Crippen LogP contribution in [0.2, 0.25) is 0 Å². The Balaban J connectivity index is 1.97. The van der Waals surface area contributed by atoms with Crippen LogP contribution in [0.15, 0.2) is 29.2 Å². The summed E-state index contributed by atoms with van der Waals surface area (Å²) in [6.45, 7) is 2.17. The Bertz CT molecular complexity index is 757. The van der Waals surface area contributed by atoms with Gasteiger partial charge in [0.25, 0.3) is 0 Å². The number of halogens is 1. The molecule has 3 rings (SSSR count). The molecular formula is C14H17FN4O2S. The molecule has 0 radical (unpaired) electrons. The summed E-state index contributed by atoms with van der Waals surface area (Å²) in [4.78, 5) is 4.37. The van der Waals surface area contributed by atoms with Crippen LogP contribution < -0.4 is 0 Å². The smallest absolute Gasteiger partial charge is 0.243 e. The number of nitrogens with one attached hydrogen (secondary N) is 1. The van der Waals surface area contributed by atoms with E-state index in [4.69, 9.17) is 0 Å². The second-order valence-electron chi connectivity index (χ2n) is 5.35.